The molecule has 1 aromatic rings. The number of hydrogen-bond donors (Lipinski definition) is 5. The molecular formula is C16H22O9. The molecule has 0 spiro atoms. The summed E-state index contributed by atoms with van der Waals surface area (Å²) in [5, 5.41) is 48.4. The smallest absolute Gasteiger partial charge is 0.341 e. The van der Waals surface area contributed by atoms with Crippen LogP contribution in [0.4, 0.5) is 0 Å². The number of aliphatic hydroxyl groups excluding tert-OH is 4. The van der Waals surface area contributed by atoms with Gasteiger partial charge in [-0.15, -0.1) is 0 Å². The van der Waals surface area contributed by atoms with Gasteiger partial charge in [-0.25, -0.2) is 4.79 Å². The maximum absolute atomic E-state index is 12.1. The predicted molar refractivity (Wildman–Crippen MR) is 83.1 cm³/mol. The number of carbonyl (C=O) groups excluding carboxylic acids is 1. The van der Waals surface area contributed by atoms with Crippen molar-refractivity contribution in [2.75, 3.05) is 13.2 Å². The van der Waals surface area contributed by atoms with Crippen molar-refractivity contribution in [1.82, 2.24) is 0 Å². The Morgan fingerprint density at radius 3 is 2.56 bits per heavy atom. The molecule has 1 aliphatic heterocycles. The van der Waals surface area contributed by atoms with Gasteiger partial charge in [0.2, 0.25) is 6.29 Å². The number of aliphatic hydroxyl groups is 4. The molecule has 1 aliphatic rings. The molecule has 0 radical (unpaired) electrons. The largest absolute Gasteiger partial charge is 0.508 e. The molecule has 9 heteroatoms. The average Bonchev–Trinajstić information content (AvgIpc) is 2.60. The van der Waals surface area contributed by atoms with Crippen molar-refractivity contribution in [3.05, 3.63) is 23.8 Å². The van der Waals surface area contributed by atoms with Crippen LogP contribution < -0.4 is 4.74 Å². The number of rotatable bonds is 6. The van der Waals surface area contributed by atoms with E-state index in [1.165, 1.54) is 12.1 Å². The highest BCUT2D eigenvalue weighted by Gasteiger charge is 2.45. The Morgan fingerprint density at radius 1 is 1.20 bits per heavy atom. The predicted octanol–water partition coefficient (Wildman–Crippen LogP) is -0.862. The molecule has 5 N–H and O–H groups in total. The van der Waals surface area contributed by atoms with Gasteiger partial charge in [0, 0.05) is 6.07 Å². The van der Waals surface area contributed by atoms with Crippen molar-refractivity contribution >= 4 is 5.97 Å². The van der Waals surface area contributed by atoms with E-state index in [4.69, 9.17) is 14.2 Å². The van der Waals surface area contributed by atoms with Gasteiger partial charge in [0.1, 0.15) is 41.5 Å². The quantitative estimate of drug-likeness (QED) is 0.410. The summed E-state index contributed by atoms with van der Waals surface area (Å²) in [4.78, 5) is 12.1. The van der Waals surface area contributed by atoms with Crippen LogP contribution in [0.25, 0.3) is 0 Å². The molecule has 0 bridgehead atoms. The highest BCUT2D eigenvalue weighted by molar-refractivity contribution is 5.92. The molecule has 1 fully saturated rings. The second-order valence-corrected chi connectivity index (χ2v) is 5.63. The Kier molecular flexibility index (Phi) is 6.57. The van der Waals surface area contributed by atoms with Crippen LogP contribution in [0.15, 0.2) is 18.2 Å². The molecule has 0 aromatic heterocycles. The van der Waals surface area contributed by atoms with Crippen LogP contribution in [0, 0.1) is 0 Å². The van der Waals surface area contributed by atoms with Gasteiger partial charge >= 0.3 is 5.97 Å². The SMILES string of the molecule is CCCOC(=O)c1ccc(O)cc1O[C@@H]1O[C@H](CO)[C@@H](O)[C@H](O)[C@H]1O. The molecule has 25 heavy (non-hydrogen) atoms. The molecular weight excluding hydrogens is 336 g/mol. The molecule has 5 atom stereocenters. The maximum atomic E-state index is 12.1. The molecule has 1 saturated heterocycles. The summed E-state index contributed by atoms with van der Waals surface area (Å²) in [5.41, 5.74) is -0.0109. The number of ether oxygens (including phenoxy) is 3. The molecule has 0 aliphatic carbocycles. The van der Waals surface area contributed by atoms with Gasteiger partial charge in [-0.05, 0) is 18.6 Å². The van der Waals surface area contributed by atoms with Crippen LogP contribution in [0.5, 0.6) is 11.5 Å². The van der Waals surface area contributed by atoms with Gasteiger partial charge < -0.3 is 39.7 Å². The summed E-state index contributed by atoms with van der Waals surface area (Å²) in [6.45, 7) is 1.41. The minimum atomic E-state index is -1.64. The van der Waals surface area contributed by atoms with Crippen molar-refractivity contribution in [3.8, 4) is 11.5 Å². The van der Waals surface area contributed by atoms with E-state index in [0.29, 0.717) is 6.42 Å². The second-order valence-electron chi connectivity index (χ2n) is 5.63. The van der Waals surface area contributed by atoms with E-state index in [1.807, 2.05) is 6.92 Å². The third kappa shape index (κ3) is 4.39. The normalized spacial score (nSPS) is 29.2. The zero-order chi connectivity index (χ0) is 18.6. The Labute approximate surface area is 144 Å². The standard InChI is InChI=1S/C16H22O9/c1-2-5-23-15(22)9-4-3-8(18)6-10(9)24-16-14(21)13(20)12(19)11(7-17)25-16/h3-4,6,11-14,16-21H,2,5,7H2,1H3/t11-,12-,13+,14-,16-/m1/s1. The number of esters is 1. The number of phenols is 1. The van der Waals surface area contributed by atoms with Gasteiger partial charge in [-0.3, -0.25) is 0 Å². The highest BCUT2D eigenvalue weighted by Crippen LogP contribution is 2.29. The molecule has 140 valence electrons. The Bertz CT molecular complexity index is 589. The lowest BCUT2D eigenvalue weighted by Gasteiger charge is -2.39. The van der Waals surface area contributed by atoms with Gasteiger partial charge in [0.05, 0.1) is 13.2 Å². The van der Waals surface area contributed by atoms with Crippen molar-refractivity contribution in [1.29, 1.82) is 0 Å². The van der Waals surface area contributed by atoms with Gasteiger partial charge in [0.15, 0.2) is 0 Å². The van der Waals surface area contributed by atoms with E-state index >= 15 is 0 Å². The van der Waals surface area contributed by atoms with E-state index in [9.17, 15) is 30.3 Å². The third-order valence-corrected chi connectivity index (χ3v) is 3.71. The van der Waals surface area contributed by atoms with Gasteiger partial charge in [0.25, 0.3) is 0 Å². The Balaban J connectivity index is 2.23. The van der Waals surface area contributed by atoms with Crippen LogP contribution in [0.1, 0.15) is 23.7 Å². The number of phenolic OH excluding ortho intramolecular Hbond substituents is 1. The summed E-state index contributed by atoms with van der Waals surface area (Å²) in [5.74, 6) is -1.03. The molecule has 2 rings (SSSR count). The van der Waals surface area contributed by atoms with Gasteiger partial charge in [-0.1, -0.05) is 6.92 Å². The first-order chi connectivity index (χ1) is 11.9. The topological polar surface area (TPSA) is 146 Å². The number of hydrogen-bond acceptors (Lipinski definition) is 9. The van der Waals surface area contributed by atoms with Crippen LogP contribution in [-0.2, 0) is 9.47 Å². The zero-order valence-corrected chi connectivity index (χ0v) is 13.6. The molecule has 0 saturated carbocycles. The number of benzene rings is 1. The van der Waals surface area contributed by atoms with Crippen LogP contribution >= 0.6 is 0 Å². The Hall–Kier alpha value is -1.91. The second kappa shape index (κ2) is 8.45. The Morgan fingerprint density at radius 2 is 1.92 bits per heavy atom. The number of aromatic hydroxyl groups is 1. The minimum Gasteiger partial charge on any atom is -0.508 e. The van der Waals surface area contributed by atoms with Gasteiger partial charge in [-0.2, -0.15) is 0 Å². The highest BCUT2D eigenvalue weighted by atomic mass is 16.7. The van der Waals surface area contributed by atoms with Crippen molar-refractivity contribution in [2.24, 2.45) is 0 Å². The van der Waals surface area contributed by atoms with E-state index in [-0.39, 0.29) is 23.7 Å². The lowest BCUT2D eigenvalue weighted by atomic mass is 9.99. The number of carbonyl (C=O) groups is 1. The zero-order valence-electron chi connectivity index (χ0n) is 13.6. The molecule has 1 aromatic carbocycles. The van der Waals surface area contributed by atoms with E-state index in [0.717, 1.165) is 6.07 Å². The first-order valence-corrected chi connectivity index (χ1v) is 7.86. The van der Waals surface area contributed by atoms with Crippen molar-refractivity contribution in [3.63, 3.8) is 0 Å². The van der Waals surface area contributed by atoms with Crippen LogP contribution in [0.2, 0.25) is 0 Å². The lowest BCUT2D eigenvalue weighted by Crippen LogP contribution is -2.60. The molecule has 0 amide bonds. The fraction of sp³-hybridized carbons (Fsp3) is 0.562. The molecule has 9 nitrogen and oxygen atoms in total. The summed E-state index contributed by atoms with van der Waals surface area (Å²) >= 11 is 0. The average molecular weight is 358 g/mol. The summed E-state index contributed by atoms with van der Waals surface area (Å²) in [6, 6.07) is 3.68. The fourth-order valence-corrected chi connectivity index (χ4v) is 2.34. The third-order valence-electron chi connectivity index (χ3n) is 3.71. The molecule has 1 heterocycles. The minimum absolute atomic E-state index is 0.0109. The van der Waals surface area contributed by atoms with E-state index in [1.54, 1.807) is 0 Å². The van der Waals surface area contributed by atoms with Crippen molar-refractivity contribution in [2.45, 2.75) is 44.1 Å². The van der Waals surface area contributed by atoms with E-state index < -0.39 is 43.3 Å². The summed E-state index contributed by atoms with van der Waals surface area (Å²) < 4.78 is 15.7. The maximum Gasteiger partial charge on any atom is 0.341 e. The van der Waals surface area contributed by atoms with E-state index in [2.05, 4.69) is 0 Å². The molecule has 0 unspecified atom stereocenters. The van der Waals surface area contributed by atoms with Crippen LogP contribution in [-0.4, -0.2) is 75.4 Å². The summed E-state index contributed by atoms with van der Waals surface area (Å²) in [7, 11) is 0. The fourth-order valence-electron chi connectivity index (χ4n) is 2.34. The monoisotopic (exact) mass is 358 g/mol. The summed E-state index contributed by atoms with van der Waals surface area (Å²) in [6.07, 6.45) is -6.81. The first-order valence-electron chi connectivity index (χ1n) is 7.86. The van der Waals surface area contributed by atoms with Crippen molar-refractivity contribution < 1.29 is 44.5 Å². The lowest BCUT2D eigenvalue weighted by molar-refractivity contribution is -0.277. The van der Waals surface area contributed by atoms with Crippen LogP contribution in [0.3, 0.4) is 0 Å². The first kappa shape index (κ1) is 19.4.